The Balaban J connectivity index is 0.00000171. The van der Waals surface area contributed by atoms with Crippen LogP contribution in [0.25, 0.3) is 21.8 Å². The predicted octanol–water partition coefficient (Wildman–Crippen LogP) is -1.62. The molecule has 0 saturated carbocycles. The van der Waals surface area contributed by atoms with Crippen LogP contribution in [0.3, 0.4) is 0 Å². The second-order valence-electron chi connectivity index (χ2n) is 5.84. The van der Waals surface area contributed by atoms with Crippen molar-refractivity contribution in [2.75, 3.05) is 0 Å². The van der Waals surface area contributed by atoms with Gasteiger partial charge in [0.25, 0.3) is 0 Å². The van der Waals surface area contributed by atoms with Crippen LogP contribution in [0, 0.1) is 0 Å². The average molecular weight is 521 g/mol. The van der Waals surface area contributed by atoms with Crippen LogP contribution >= 0.6 is 38.8 Å². The van der Waals surface area contributed by atoms with Gasteiger partial charge < -0.3 is 28.8 Å². The first-order valence-electron chi connectivity index (χ1n) is 7.88. The van der Waals surface area contributed by atoms with Crippen molar-refractivity contribution in [1.82, 2.24) is 9.97 Å². The number of hydrogen-bond acceptors (Lipinski definition) is 7. The number of H-pyrrole nitrogens is 2. The predicted molar refractivity (Wildman–Crippen MR) is 104 cm³/mol. The van der Waals surface area contributed by atoms with Crippen LogP contribution in [-0.4, -0.2) is 9.97 Å². The number of fused-ring (bicyclic) bond motifs is 2. The Morgan fingerprint density at radius 2 is 1.13 bits per heavy atom. The quantitative estimate of drug-likeness (QED) is 0.230. The van der Waals surface area contributed by atoms with Gasteiger partial charge in [0.1, 0.15) is 0 Å². The van der Waals surface area contributed by atoms with E-state index in [1.165, 1.54) is 36.7 Å². The van der Waals surface area contributed by atoms with Crippen molar-refractivity contribution in [3.63, 3.8) is 0 Å². The Hall–Kier alpha value is 0.0400. The zero-order valence-corrected chi connectivity index (χ0v) is 23.4. The maximum absolute atomic E-state index is 12.1. The Morgan fingerprint density at radius 1 is 0.742 bits per heavy atom. The minimum absolute atomic E-state index is 0. The largest absolute Gasteiger partial charge is 1.00 e. The normalized spacial score (nSPS) is 14.8. The first-order chi connectivity index (χ1) is 13.6. The molecular formula is C16H10Cl2N2Na2O7P2. The first-order valence-corrected chi connectivity index (χ1v) is 11.6. The molecule has 152 valence electrons. The van der Waals surface area contributed by atoms with Gasteiger partial charge in [-0.3, -0.25) is 9.13 Å². The standard InChI is InChI=1S/C16H12Cl2N2O7P2.2Na/c17-9-1-3-11-13(5-9)19-7-15(11)25-28(21,22)27-29(23,24)26-16-8-20-14-6-10(18)2-4-12(14)16;;/h1-8,19-20H,(H,21,22)(H,23,24);;/q;2*+1/p-2. The minimum atomic E-state index is -5.34. The topological polar surface area (TPSA) is 140 Å². The van der Waals surface area contributed by atoms with Crippen LogP contribution in [0.1, 0.15) is 0 Å². The summed E-state index contributed by atoms with van der Waals surface area (Å²) in [4.78, 5) is 29.8. The zero-order valence-electron chi connectivity index (χ0n) is 16.1. The number of hydrogen-bond donors (Lipinski definition) is 2. The molecule has 31 heavy (non-hydrogen) atoms. The van der Waals surface area contributed by atoms with Crippen LogP contribution in [0.2, 0.25) is 10.0 Å². The van der Waals surface area contributed by atoms with E-state index in [0.29, 0.717) is 31.9 Å². The van der Waals surface area contributed by atoms with E-state index in [9.17, 15) is 18.9 Å². The summed E-state index contributed by atoms with van der Waals surface area (Å²) in [6.45, 7) is 0. The molecule has 0 amide bonds. The maximum Gasteiger partial charge on any atom is 1.00 e. The van der Waals surface area contributed by atoms with Crippen molar-refractivity contribution in [3.05, 3.63) is 58.8 Å². The summed E-state index contributed by atoms with van der Waals surface area (Å²) in [6.07, 6.45) is 2.46. The van der Waals surface area contributed by atoms with E-state index >= 15 is 0 Å². The van der Waals surface area contributed by atoms with Crippen molar-refractivity contribution in [3.8, 4) is 11.5 Å². The molecule has 0 aliphatic heterocycles. The molecule has 0 bridgehead atoms. The third kappa shape index (κ3) is 6.55. The Bertz CT molecular complexity index is 1230. The van der Waals surface area contributed by atoms with Crippen molar-refractivity contribution >= 4 is 60.7 Å². The number of nitrogens with one attached hydrogen (secondary N) is 2. The maximum atomic E-state index is 12.1. The second kappa shape index (κ2) is 10.5. The molecule has 2 heterocycles. The third-order valence-corrected chi connectivity index (χ3v) is 6.74. The number of rotatable bonds is 6. The molecule has 2 atom stereocenters. The van der Waals surface area contributed by atoms with Crippen molar-refractivity contribution in [2.45, 2.75) is 0 Å². The second-order valence-corrected chi connectivity index (χ2v) is 9.52. The number of phosphoric acid groups is 2. The molecular weight excluding hydrogens is 511 g/mol. The molecule has 0 radical (unpaired) electrons. The molecule has 0 aliphatic rings. The summed E-state index contributed by atoms with van der Waals surface area (Å²) in [7, 11) is -10.7. The molecule has 4 aromatic rings. The van der Waals surface area contributed by atoms with Crippen molar-refractivity contribution in [1.29, 1.82) is 0 Å². The van der Waals surface area contributed by atoms with Crippen molar-refractivity contribution in [2.24, 2.45) is 0 Å². The summed E-state index contributed by atoms with van der Waals surface area (Å²) >= 11 is 11.7. The minimum Gasteiger partial charge on any atom is -0.746 e. The number of aromatic amines is 2. The third-order valence-electron chi connectivity index (χ3n) is 3.83. The molecule has 0 fully saturated rings. The zero-order chi connectivity index (χ0) is 20.8. The molecule has 2 aromatic heterocycles. The van der Waals surface area contributed by atoms with Gasteiger partial charge in [0.2, 0.25) is 0 Å². The van der Waals surface area contributed by atoms with Gasteiger partial charge in [0.05, 0.1) is 11.0 Å². The van der Waals surface area contributed by atoms with Crippen molar-refractivity contribution < 1.29 is 91.4 Å². The van der Waals surface area contributed by atoms with Gasteiger partial charge in [-0.2, -0.15) is 0 Å². The Morgan fingerprint density at radius 3 is 1.52 bits per heavy atom. The monoisotopic (exact) mass is 520 g/mol. The van der Waals surface area contributed by atoms with Gasteiger partial charge in [0.15, 0.2) is 11.5 Å². The summed E-state index contributed by atoms with van der Waals surface area (Å²) in [5.74, 6) is -0.312. The van der Waals surface area contributed by atoms with E-state index in [1.54, 1.807) is 12.1 Å². The Kier molecular flexibility index (Phi) is 9.27. The van der Waals surface area contributed by atoms with Gasteiger partial charge >= 0.3 is 74.8 Å². The summed E-state index contributed by atoms with van der Waals surface area (Å²) in [6, 6.07) is 9.15. The van der Waals surface area contributed by atoms with E-state index < -0.39 is 15.6 Å². The van der Waals surface area contributed by atoms with Crippen LogP contribution in [0.5, 0.6) is 11.5 Å². The average Bonchev–Trinajstić information content (AvgIpc) is 3.16. The van der Waals surface area contributed by atoms with Crippen LogP contribution < -0.4 is 77.9 Å². The van der Waals surface area contributed by atoms with Gasteiger partial charge in [-0.25, -0.2) is 4.31 Å². The number of phosphoric ester groups is 2. The van der Waals surface area contributed by atoms with Gasteiger partial charge in [-0.05, 0) is 36.4 Å². The molecule has 2 N–H and O–H groups in total. The fraction of sp³-hybridized carbons (Fsp3) is 0. The molecule has 9 nitrogen and oxygen atoms in total. The van der Waals surface area contributed by atoms with E-state index in [2.05, 4.69) is 14.3 Å². The summed E-state index contributed by atoms with van der Waals surface area (Å²) in [5.41, 5.74) is 0.984. The van der Waals surface area contributed by atoms with Gasteiger partial charge in [0, 0.05) is 33.2 Å². The van der Waals surface area contributed by atoms with Crippen LogP contribution in [0.4, 0.5) is 0 Å². The molecule has 15 heteroatoms. The van der Waals surface area contributed by atoms with E-state index in [0.717, 1.165) is 0 Å². The molecule has 4 rings (SSSR count). The molecule has 0 spiro atoms. The van der Waals surface area contributed by atoms with Gasteiger partial charge in [-0.15, -0.1) is 0 Å². The molecule has 0 aliphatic carbocycles. The fourth-order valence-corrected chi connectivity index (χ4v) is 5.07. The Labute approximate surface area is 230 Å². The fourth-order valence-electron chi connectivity index (χ4n) is 2.69. The molecule has 2 unspecified atom stereocenters. The number of halogens is 2. The van der Waals surface area contributed by atoms with E-state index in [4.69, 9.17) is 32.2 Å². The first kappa shape index (κ1) is 27.3. The number of aromatic nitrogens is 2. The van der Waals surface area contributed by atoms with Crippen LogP contribution in [0.15, 0.2) is 48.8 Å². The van der Waals surface area contributed by atoms with Crippen LogP contribution in [-0.2, 0) is 13.4 Å². The van der Waals surface area contributed by atoms with E-state index in [1.807, 2.05) is 0 Å². The van der Waals surface area contributed by atoms with Gasteiger partial charge in [-0.1, -0.05) is 23.2 Å². The number of benzene rings is 2. The smallest absolute Gasteiger partial charge is 0.746 e. The summed E-state index contributed by atoms with van der Waals surface area (Å²) < 4.78 is 38.0. The summed E-state index contributed by atoms with van der Waals surface area (Å²) in [5, 5.41) is 1.57. The molecule has 0 saturated heterocycles. The molecule has 2 aromatic carbocycles. The SMILES string of the molecule is O=P([O-])(Oc1c[nH]c2cc(Cl)ccc12)OP(=O)([O-])Oc1c[nH]c2cc(Cl)ccc12.[Na+].[Na+]. The van der Waals surface area contributed by atoms with E-state index in [-0.39, 0.29) is 70.6 Å².